The number of amides is 2. The number of nitrogens with one attached hydrogen (secondary N) is 2. The van der Waals surface area contributed by atoms with Crippen LogP contribution < -0.4 is 10.6 Å². The van der Waals surface area contributed by atoms with E-state index in [1.54, 1.807) is 84.9 Å². The number of benzene rings is 4. The van der Waals surface area contributed by atoms with Gasteiger partial charge in [0.25, 0.3) is 0 Å². The molecule has 0 spiro atoms. The average Bonchev–Trinajstić information content (AvgIpc) is 3.07. The Bertz CT molecular complexity index is 1790. The molecule has 8 nitrogen and oxygen atoms in total. The molecule has 0 saturated carbocycles. The fraction of sp³-hybridized carbons (Fsp3) is 0.211. The van der Waals surface area contributed by atoms with Gasteiger partial charge in [-0.25, -0.2) is 0 Å². The van der Waals surface area contributed by atoms with E-state index in [-0.39, 0.29) is 58.9 Å². The Morgan fingerprint density at radius 3 is 1.11 bits per heavy atom. The molecule has 230 valence electrons. The standard InChI is InChI=1S/C38H32N2O6/c41-31(39-29-19-11-17-27-33(29)37(45)25-15-9-7-13-23(25)35(27)43)21-5-3-1-2-4-6-22-32(42)40-30-20-12-18-28-34(30)38(46)26-16-10-8-14-24(26)36(28)44/h7-20H,1-6,21-22H2,(H,39,41)(H,40,42). The van der Waals surface area contributed by atoms with Gasteiger partial charge in [-0.2, -0.15) is 0 Å². The first-order valence-corrected chi connectivity index (χ1v) is 15.6. The predicted octanol–water partition coefficient (Wildman–Crippen LogP) is 6.94. The molecule has 0 unspecified atom stereocenters. The van der Waals surface area contributed by atoms with Crippen LogP contribution in [0, 0.1) is 0 Å². The van der Waals surface area contributed by atoms with Gasteiger partial charge in [0.15, 0.2) is 23.1 Å². The first kappa shape index (κ1) is 30.5. The van der Waals surface area contributed by atoms with E-state index >= 15 is 0 Å². The van der Waals surface area contributed by atoms with Crippen LogP contribution in [0.4, 0.5) is 11.4 Å². The van der Waals surface area contributed by atoms with Crippen molar-refractivity contribution in [3.63, 3.8) is 0 Å². The largest absolute Gasteiger partial charge is 0.325 e. The second kappa shape index (κ2) is 13.2. The fourth-order valence-electron chi connectivity index (χ4n) is 6.20. The van der Waals surface area contributed by atoms with Crippen molar-refractivity contribution in [3.8, 4) is 0 Å². The molecule has 2 amide bonds. The molecular weight excluding hydrogens is 580 g/mol. The predicted molar refractivity (Wildman–Crippen MR) is 174 cm³/mol. The quantitative estimate of drug-likeness (QED) is 0.153. The summed E-state index contributed by atoms with van der Waals surface area (Å²) in [5.41, 5.74) is 3.21. The third kappa shape index (κ3) is 5.94. The first-order chi connectivity index (χ1) is 22.3. The van der Waals surface area contributed by atoms with Crippen molar-refractivity contribution in [3.05, 3.63) is 129 Å². The van der Waals surface area contributed by atoms with Crippen LogP contribution >= 0.6 is 0 Å². The zero-order valence-electron chi connectivity index (χ0n) is 25.2. The SMILES string of the molecule is O=C(CCCCCCCCC(=O)Nc1cccc2c1C(=O)c1ccccc1C2=O)Nc1cccc2c1C(=O)c1ccccc1C2=O. The summed E-state index contributed by atoms with van der Waals surface area (Å²) in [7, 11) is 0. The highest BCUT2D eigenvalue weighted by atomic mass is 16.2. The number of hydrogen-bond acceptors (Lipinski definition) is 6. The minimum Gasteiger partial charge on any atom is -0.325 e. The Balaban J connectivity index is 0.919. The van der Waals surface area contributed by atoms with Gasteiger partial charge in [-0.1, -0.05) is 98.5 Å². The summed E-state index contributed by atoms with van der Waals surface area (Å²) in [6.45, 7) is 0. The van der Waals surface area contributed by atoms with Crippen LogP contribution in [0.2, 0.25) is 0 Å². The fourth-order valence-corrected chi connectivity index (χ4v) is 6.20. The zero-order chi connectivity index (χ0) is 32.2. The van der Waals surface area contributed by atoms with Crippen LogP contribution in [0.15, 0.2) is 84.9 Å². The van der Waals surface area contributed by atoms with Crippen molar-refractivity contribution in [2.24, 2.45) is 0 Å². The molecule has 0 fully saturated rings. The van der Waals surface area contributed by atoms with E-state index in [0.29, 0.717) is 57.6 Å². The number of ketones is 4. The lowest BCUT2D eigenvalue weighted by molar-refractivity contribution is -0.117. The van der Waals surface area contributed by atoms with Crippen molar-refractivity contribution in [2.45, 2.75) is 51.4 Å². The number of carbonyl (C=O) groups is 6. The van der Waals surface area contributed by atoms with Crippen molar-refractivity contribution in [2.75, 3.05) is 10.6 Å². The molecule has 46 heavy (non-hydrogen) atoms. The second-order valence-electron chi connectivity index (χ2n) is 11.6. The van der Waals surface area contributed by atoms with Gasteiger partial charge < -0.3 is 10.6 Å². The summed E-state index contributed by atoms with van der Waals surface area (Å²) in [6.07, 6.45) is 5.41. The smallest absolute Gasteiger partial charge is 0.224 e. The molecular formula is C38H32N2O6. The lowest BCUT2D eigenvalue weighted by Gasteiger charge is -2.20. The van der Waals surface area contributed by atoms with Gasteiger partial charge in [-0.15, -0.1) is 0 Å². The van der Waals surface area contributed by atoms with E-state index in [1.807, 2.05) is 0 Å². The van der Waals surface area contributed by atoms with E-state index < -0.39 is 0 Å². The van der Waals surface area contributed by atoms with Gasteiger partial charge in [0.05, 0.1) is 22.5 Å². The molecule has 0 atom stereocenters. The molecule has 2 N–H and O–H groups in total. The maximum absolute atomic E-state index is 13.1. The third-order valence-corrected chi connectivity index (χ3v) is 8.51. The monoisotopic (exact) mass is 612 g/mol. The number of hydrogen-bond donors (Lipinski definition) is 2. The molecule has 2 aliphatic carbocycles. The number of fused-ring (bicyclic) bond motifs is 4. The number of carbonyl (C=O) groups excluding carboxylic acids is 6. The minimum atomic E-state index is -0.271. The van der Waals surface area contributed by atoms with Gasteiger partial charge in [0, 0.05) is 46.2 Å². The normalized spacial score (nSPS) is 13.0. The average molecular weight is 613 g/mol. The minimum absolute atomic E-state index is 0.212. The highest BCUT2D eigenvalue weighted by Gasteiger charge is 2.33. The maximum Gasteiger partial charge on any atom is 0.224 e. The van der Waals surface area contributed by atoms with Crippen LogP contribution in [0.3, 0.4) is 0 Å². The van der Waals surface area contributed by atoms with Crippen molar-refractivity contribution in [1.29, 1.82) is 0 Å². The molecule has 0 aliphatic heterocycles. The molecule has 0 saturated heterocycles. The van der Waals surface area contributed by atoms with E-state index in [9.17, 15) is 28.8 Å². The van der Waals surface area contributed by atoms with Crippen molar-refractivity contribution >= 4 is 46.3 Å². The first-order valence-electron chi connectivity index (χ1n) is 15.6. The van der Waals surface area contributed by atoms with Gasteiger partial charge in [-0.3, -0.25) is 28.8 Å². The van der Waals surface area contributed by atoms with Crippen LogP contribution in [-0.2, 0) is 9.59 Å². The van der Waals surface area contributed by atoms with Crippen LogP contribution in [-0.4, -0.2) is 34.9 Å². The van der Waals surface area contributed by atoms with Crippen molar-refractivity contribution < 1.29 is 28.8 Å². The van der Waals surface area contributed by atoms with E-state index in [4.69, 9.17) is 0 Å². The Hall–Kier alpha value is -5.50. The summed E-state index contributed by atoms with van der Waals surface area (Å²) < 4.78 is 0. The zero-order valence-corrected chi connectivity index (χ0v) is 25.2. The molecule has 8 heteroatoms. The molecule has 0 radical (unpaired) electrons. The molecule has 4 aromatic carbocycles. The molecule has 0 bridgehead atoms. The van der Waals surface area contributed by atoms with E-state index in [0.717, 1.165) is 25.7 Å². The summed E-state index contributed by atoms with van der Waals surface area (Å²) in [6, 6.07) is 23.3. The van der Waals surface area contributed by atoms with Crippen molar-refractivity contribution in [1.82, 2.24) is 0 Å². The van der Waals surface area contributed by atoms with Crippen LogP contribution in [0.1, 0.15) is 115 Å². The number of anilines is 2. The van der Waals surface area contributed by atoms with Gasteiger partial charge in [-0.05, 0) is 25.0 Å². The maximum atomic E-state index is 13.1. The highest BCUT2D eigenvalue weighted by molar-refractivity contribution is 6.31. The topological polar surface area (TPSA) is 126 Å². The molecule has 2 aliphatic rings. The summed E-state index contributed by atoms with van der Waals surface area (Å²) in [4.78, 5) is 77.5. The Morgan fingerprint density at radius 2 is 0.717 bits per heavy atom. The van der Waals surface area contributed by atoms with Gasteiger partial charge in [0.1, 0.15) is 0 Å². The molecule has 0 aromatic heterocycles. The van der Waals surface area contributed by atoms with Gasteiger partial charge in [0.2, 0.25) is 11.8 Å². The number of rotatable bonds is 11. The number of unbranched alkanes of at least 4 members (excludes halogenated alkanes) is 5. The second-order valence-corrected chi connectivity index (χ2v) is 11.6. The summed E-state index contributed by atoms with van der Waals surface area (Å²) >= 11 is 0. The van der Waals surface area contributed by atoms with Crippen LogP contribution in [0.25, 0.3) is 0 Å². The lowest BCUT2D eigenvalue weighted by atomic mass is 9.83. The molecule has 6 rings (SSSR count). The summed E-state index contributed by atoms with van der Waals surface area (Å²) in [5, 5.41) is 5.66. The van der Waals surface area contributed by atoms with Gasteiger partial charge >= 0.3 is 0 Å². The Labute approximate surface area is 266 Å². The van der Waals surface area contributed by atoms with E-state index in [1.165, 1.54) is 0 Å². The molecule has 4 aromatic rings. The Morgan fingerprint density at radius 1 is 0.391 bits per heavy atom. The summed E-state index contributed by atoms with van der Waals surface area (Å²) in [5.74, 6) is -1.42. The highest BCUT2D eigenvalue weighted by Crippen LogP contribution is 2.33. The third-order valence-electron chi connectivity index (χ3n) is 8.51. The Kier molecular flexibility index (Phi) is 8.79. The van der Waals surface area contributed by atoms with E-state index in [2.05, 4.69) is 10.6 Å². The van der Waals surface area contributed by atoms with Crippen LogP contribution in [0.5, 0.6) is 0 Å². The lowest BCUT2D eigenvalue weighted by Crippen LogP contribution is -2.23. The molecule has 0 heterocycles.